The van der Waals surface area contributed by atoms with Crippen LogP contribution in [-0.2, 0) is 6.42 Å². The van der Waals surface area contributed by atoms with Crippen molar-refractivity contribution in [1.82, 2.24) is 29.5 Å². The van der Waals surface area contributed by atoms with Gasteiger partial charge in [0.25, 0.3) is 5.56 Å². The largest absolute Gasteiger partial charge is 0.382 e. The summed E-state index contributed by atoms with van der Waals surface area (Å²) in [5.74, 6) is -1.63. The molecule has 162 valence electrons. The van der Waals surface area contributed by atoms with E-state index >= 15 is 0 Å². The molecule has 0 aliphatic carbocycles. The number of aryl methyl sites for hydroxylation is 1. The van der Waals surface area contributed by atoms with Crippen LogP contribution in [-0.4, -0.2) is 29.5 Å². The van der Waals surface area contributed by atoms with Crippen molar-refractivity contribution >= 4 is 27.9 Å². The van der Waals surface area contributed by atoms with Crippen LogP contribution in [0.5, 0.6) is 0 Å². The van der Waals surface area contributed by atoms with E-state index in [1.165, 1.54) is 24.8 Å². The first-order valence-corrected chi connectivity index (χ1v) is 9.45. The third-order valence-corrected chi connectivity index (χ3v) is 4.59. The molecule has 3 aromatic heterocycles. The van der Waals surface area contributed by atoms with Crippen molar-refractivity contribution in [2.75, 3.05) is 5.73 Å². The molecule has 0 saturated carbocycles. The number of aromatic amines is 1. The van der Waals surface area contributed by atoms with Crippen molar-refractivity contribution in [3.63, 3.8) is 0 Å². The van der Waals surface area contributed by atoms with E-state index in [1.54, 1.807) is 6.92 Å². The van der Waals surface area contributed by atoms with Gasteiger partial charge < -0.3 is 10.7 Å². The van der Waals surface area contributed by atoms with Gasteiger partial charge in [-0.1, -0.05) is 13.0 Å². The van der Waals surface area contributed by atoms with E-state index < -0.39 is 23.0 Å². The summed E-state index contributed by atoms with van der Waals surface area (Å²) in [7, 11) is 0. The summed E-state index contributed by atoms with van der Waals surface area (Å²) in [6, 6.07) is 6.85. The van der Waals surface area contributed by atoms with Crippen LogP contribution >= 0.6 is 0 Å². The van der Waals surface area contributed by atoms with Gasteiger partial charge in [0.2, 0.25) is 0 Å². The summed E-state index contributed by atoms with van der Waals surface area (Å²) >= 11 is 0. The molecule has 0 unspecified atom stereocenters. The van der Waals surface area contributed by atoms with Crippen molar-refractivity contribution < 1.29 is 13.2 Å². The zero-order valence-corrected chi connectivity index (χ0v) is 16.7. The van der Waals surface area contributed by atoms with Crippen molar-refractivity contribution in [3.8, 4) is 5.69 Å². The van der Waals surface area contributed by atoms with Gasteiger partial charge in [-0.15, -0.1) is 0 Å². The van der Waals surface area contributed by atoms with Crippen LogP contribution in [0.2, 0.25) is 0 Å². The number of nitrogens with two attached hydrogens (primary N) is 1. The first kappa shape index (κ1) is 21.0. The third kappa shape index (κ3) is 3.87. The molecule has 0 atom stereocenters. The second-order valence-electron chi connectivity index (χ2n) is 6.64. The third-order valence-electron chi connectivity index (χ3n) is 4.59. The van der Waals surface area contributed by atoms with Gasteiger partial charge in [-0.2, -0.15) is 0 Å². The lowest BCUT2D eigenvalue weighted by Crippen LogP contribution is -2.24. The Labute approximate surface area is 178 Å². The molecule has 32 heavy (non-hydrogen) atoms. The number of hydrogen-bond acceptors (Lipinski definition) is 6. The van der Waals surface area contributed by atoms with Crippen molar-refractivity contribution in [2.24, 2.45) is 0 Å². The average Bonchev–Trinajstić information content (AvgIpc) is 3.23. The SMILES string of the molecule is CCc1nc2cccc(F)c2c(=O)n1-c1cc(F)cc(F)c1.Nc1ncnc2nc[nH]c12. The zero-order valence-electron chi connectivity index (χ0n) is 16.7. The van der Waals surface area contributed by atoms with Crippen molar-refractivity contribution in [3.05, 3.63) is 82.7 Å². The molecule has 0 aliphatic rings. The number of aromatic nitrogens is 6. The van der Waals surface area contributed by atoms with Crippen LogP contribution < -0.4 is 11.3 Å². The lowest BCUT2D eigenvalue weighted by atomic mass is 10.2. The van der Waals surface area contributed by atoms with Crippen LogP contribution in [0.1, 0.15) is 12.7 Å². The first-order chi connectivity index (χ1) is 15.4. The molecule has 0 bridgehead atoms. The molecule has 2 aromatic carbocycles. The number of nitrogens with zero attached hydrogens (tertiary/aromatic N) is 5. The minimum Gasteiger partial charge on any atom is -0.382 e. The minimum absolute atomic E-state index is 0.0167. The normalized spacial score (nSPS) is 10.9. The molecule has 5 rings (SSSR count). The van der Waals surface area contributed by atoms with E-state index in [0.29, 0.717) is 35.3 Å². The maximum Gasteiger partial charge on any atom is 0.268 e. The van der Waals surface area contributed by atoms with Crippen LogP contribution in [0.3, 0.4) is 0 Å². The topological polar surface area (TPSA) is 115 Å². The summed E-state index contributed by atoms with van der Waals surface area (Å²) in [5.41, 5.74) is 6.29. The number of nitrogens with one attached hydrogen (secondary N) is 1. The van der Waals surface area contributed by atoms with Crippen LogP contribution in [0, 0.1) is 17.5 Å². The summed E-state index contributed by atoms with van der Waals surface area (Å²) in [5, 5.41) is -0.204. The lowest BCUT2D eigenvalue weighted by Gasteiger charge is -2.13. The summed E-state index contributed by atoms with van der Waals surface area (Å²) < 4.78 is 41.8. The molecule has 11 heteroatoms. The van der Waals surface area contributed by atoms with E-state index in [1.807, 2.05) is 0 Å². The highest BCUT2D eigenvalue weighted by Crippen LogP contribution is 2.17. The summed E-state index contributed by atoms with van der Waals surface area (Å²) in [4.78, 5) is 31.2. The Morgan fingerprint density at radius 1 is 1.06 bits per heavy atom. The highest BCUT2D eigenvalue weighted by molar-refractivity contribution is 5.80. The molecule has 8 nitrogen and oxygen atoms in total. The molecule has 0 aliphatic heterocycles. The molecule has 0 spiro atoms. The van der Waals surface area contributed by atoms with Crippen molar-refractivity contribution in [1.29, 1.82) is 0 Å². The van der Waals surface area contributed by atoms with Gasteiger partial charge >= 0.3 is 0 Å². The van der Waals surface area contributed by atoms with Gasteiger partial charge in [-0.05, 0) is 24.3 Å². The van der Waals surface area contributed by atoms with Crippen LogP contribution in [0.25, 0.3) is 27.8 Å². The van der Waals surface area contributed by atoms with Crippen molar-refractivity contribution in [2.45, 2.75) is 13.3 Å². The number of rotatable bonds is 2. The summed E-state index contributed by atoms with van der Waals surface area (Å²) in [6.07, 6.45) is 3.27. The number of hydrogen-bond donors (Lipinski definition) is 2. The Kier molecular flexibility index (Phi) is 5.54. The maximum absolute atomic E-state index is 13.9. The van der Waals surface area contributed by atoms with Gasteiger partial charge in [0.05, 0.1) is 17.5 Å². The number of halogens is 3. The number of H-pyrrole nitrogens is 1. The Bertz CT molecular complexity index is 1480. The Hall–Kier alpha value is -4.28. The Balaban J connectivity index is 0.000000203. The number of nitrogen functional groups attached to an aromatic ring is 1. The second-order valence-corrected chi connectivity index (χ2v) is 6.64. The maximum atomic E-state index is 13.9. The van der Waals surface area contributed by atoms with Crippen LogP contribution in [0.15, 0.2) is 53.8 Å². The fraction of sp³-hybridized carbons (Fsp3) is 0.0952. The molecular weight excluding hydrogens is 423 g/mol. The van der Waals surface area contributed by atoms with Crippen LogP contribution in [0.4, 0.5) is 19.0 Å². The molecule has 3 N–H and O–H groups in total. The first-order valence-electron chi connectivity index (χ1n) is 9.45. The molecule has 0 radical (unpaired) electrons. The number of anilines is 1. The van der Waals surface area contributed by atoms with E-state index in [4.69, 9.17) is 5.73 Å². The van der Waals surface area contributed by atoms with Gasteiger partial charge in [-0.25, -0.2) is 33.1 Å². The second kappa shape index (κ2) is 8.46. The number of benzene rings is 2. The predicted octanol–water partition coefficient (Wildman–Crippen LogP) is 3.30. The zero-order chi connectivity index (χ0) is 22.8. The highest BCUT2D eigenvalue weighted by atomic mass is 19.1. The molecule has 5 aromatic rings. The molecule has 0 amide bonds. The minimum atomic E-state index is -0.822. The molecule has 3 heterocycles. The van der Waals surface area contributed by atoms with Gasteiger partial charge in [0, 0.05) is 12.5 Å². The summed E-state index contributed by atoms with van der Waals surface area (Å²) in [6.45, 7) is 1.75. The monoisotopic (exact) mass is 439 g/mol. The number of fused-ring (bicyclic) bond motifs is 2. The fourth-order valence-corrected chi connectivity index (χ4v) is 3.19. The lowest BCUT2D eigenvalue weighted by molar-refractivity contribution is 0.580. The van der Waals surface area contributed by atoms with E-state index in [9.17, 15) is 18.0 Å². The molecule has 0 fully saturated rings. The van der Waals surface area contributed by atoms with Gasteiger partial charge in [0.15, 0.2) is 11.5 Å². The fourth-order valence-electron chi connectivity index (χ4n) is 3.19. The molecule has 0 saturated heterocycles. The van der Waals surface area contributed by atoms with E-state index in [2.05, 4.69) is 24.9 Å². The molecular formula is C21H16F3N7O. The van der Waals surface area contributed by atoms with E-state index in [-0.39, 0.29) is 16.6 Å². The smallest absolute Gasteiger partial charge is 0.268 e. The quantitative estimate of drug-likeness (QED) is 0.436. The Morgan fingerprint density at radius 3 is 2.50 bits per heavy atom. The Morgan fingerprint density at radius 2 is 1.81 bits per heavy atom. The highest BCUT2D eigenvalue weighted by Gasteiger charge is 2.15. The predicted molar refractivity (Wildman–Crippen MR) is 113 cm³/mol. The average molecular weight is 439 g/mol. The standard InChI is InChI=1S/C16H11F3N2O.C5H5N5/c1-2-14-20-13-5-3-4-12(19)15(13)16(22)21(14)11-7-9(17)6-10(18)8-11;6-4-3-5(9-1-7-3)10-2-8-4/h3-8H,2H2,1H3;1-2H,(H3,6,7,8,9,10). The number of imidazole rings is 1. The van der Waals surface area contributed by atoms with E-state index in [0.717, 1.165) is 22.8 Å². The van der Waals surface area contributed by atoms with Gasteiger partial charge in [-0.3, -0.25) is 9.36 Å². The van der Waals surface area contributed by atoms with Gasteiger partial charge in [0.1, 0.15) is 40.5 Å².